The van der Waals surface area contributed by atoms with Gasteiger partial charge in [-0.1, -0.05) is 0 Å². The standard InChI is InChI=1S/C20H21FN4O2/c1-3-27-20(26)17-10-22-18-5-4-15(21)8-16(18)19(17)25-7-6-13(12-25)14-9-23-24(2)11-14/h4-5,8-11,13H,3,6-7,12H2,1-2H3. The normalized spacial score (nSPS) is 16.9. The molecule has 0 N–H and O–H groups in total. The number of carbonyl (C=O) groups excluding carboxylic acids is 1. The molecular formula is C20H21FN4O2. The third-order valence-electron chi connectivity index (χ3n) is 5.00. The van der Waals surface area contributed by atoms with E-state index >= 15 is 0 Å². The molecule has 1 aliphatic heterocycles. The molecule has 1 atom stereocenters. The number of benzene rings is 1. The van der Waals surface area contributed by atoms with E-state index in [4.69, 9.17) is 4.74 Å². The highest BCUT2D eigenvalue weighted by Crippen LogP contribution is 2.37. The molecule has 0 amide bonds. The van der Waals surface area contributed by atoms with Gasteiger partial charge in [-0.15, -0.1) is 0 Å². The van der Waals surface area contributed by atoms with E-state index in [1.807, 2.05) is 19.4 Å². The van der Waals surface area contributed by atoms with E-state index in [1.165, 1.54) is 23.9 Å². The minimum Gasteiger partial charge on any atom is -0.462 e. The molecule has 0 radical (unpaired) electrons. The summed E-state index contributed by atoms with van der Waals surface area (Å²) in [5.41, 5.74) is 2.90. The highest BCUT2D eigenvalue weighted by molar-refractivity contribution is 6.05. The van der Waals surface area contributed by atoms with Crippen LogP contribution in [0.25, 0.3) is 10.9 Å². The molecule has 1 unspecified atom stereocenters. The van der Waals surface area contributed by atoms with Gasteiger partial charge in [-0.2, -0.15) is 5.10 Å². The van der Waals surface area contributed by atoms with Crippen molar-refractivity contribution < 1.29 is 13.9 Å². The lowest BCUT2D eigenvalue weighted by atomic mass is 10.0. The Morgan fingerprint density at radius 2 is 2.22 bits per heavy atom. The van der Waals surface area contributed by atoms with Crippen molar-refractivity contribution in [2.75, 3.05) is 24.6 Å². The number of anilines is 1. The first-order valence-corrected chi connectivity index (χ1v) is 9.05. The Morgan fingerprint density at radius 3 is 2.96 bits per heavy atom. The number of nitrogens with zero attached hydrogens (tertiary/aromatic N) is 4. The molecule has 27 heavy (non-hydrogen) atoms. The lowest BCUT2D eigenvalue weighted by Gasteiger charge is -2.23. The van der Waals surface area contributed by atoms with E-state index in [0.29, 0.717) is 28.1 Å². The lowest BCUT2D eigenvalue weighted by Crippen LogP contribution is -2.23. The Morgan fingerprint density at radius 1 is 1.37 bits per heavy atom. The Hall–Kier alpha value is -2.96. The van der Waals surface area contributed by atoms with Gasteiger partial charge in [-0.25, -0.2) is 9.18 Å². The highest BCUT2D eigenvalue weighted by atomic mass is 19.1. The summed E-state index contributed by atoms with van der Waals surface area (Å²) in [6, 6.07) is 4.46. The SMILES string of the molecule is CCOC(=O)c1cnc2ccc(F)cc2c1N1CCC(c2cnn(C)c2)C1. The minimum absolute atomic E-state index is 0.276. The van der Waals surface area contributed by atoms with Crippen LogP contribution in [-0.4, -0.2) is 40.4 Å². The number of hydrogen-bond acceptors (Lipinski definition) is 5. The Kier molecular flexibility index (Phi) is 4.51. The number of esters is 1. The number of fused-ring (bicyclic) bond motifs is 1. The number of halogens is 1. The maximum Gasteiger partial charge on any atom is 0.341 e. The van der Waals surface area contributed by atoms with Crippen LogP contribution in [0.3, 0.4) is 0 Å². The largest absolute Gasteiger partial charge is 0.462 e. The van der Waals surface area contributed by atoms with E-state index in [2.05, 4.69) is 15.0 Å². The van der Waals surface area contributed by atoms with Crippen molar-refractivity contribution in [2.45, 2.75) is 19.3 Å². The van der Waals surface area contributed by atoms with Crippen molar-refractivity contribution in [3.05, 3.63) is 53.7 Å². The third-order valence-corrected chi connectivity index (χ3v) is 5.00. The van der Waals surface area contributed by atoms with Crippen LogP contribution in [-0.2, 0) is 11.8 Å². The van der Waals surface area contributed by atoms with Crippen molar-refractivity contribution in [3.63, 3.8) is 0 Å². The molecule has 1 aromatic carbocycles. The molecule has 6 nitrogen and oxygen atoms in total. The van der Waals surface area contributed by atoms with Gasteiger partial charge < -0.3 is 9.64 Å². The molecule has 0 aliphatic carbocycles. The summed E-state index contributed by atoms with van der Waals surface area (Å²) < 4.78 is 21.0. The van der Waals surface area contributed by atoms with Gasteiger partial charge in [0.2, 0.25) is 0 Å². The van der Waals surface area contributed by atoms with E-state index in [1.54, 1.807) is 17.7 Å². The molecule has 1 aliphatic rings. The second-order valence-corrected chi connectivity index (χ2v) is 6.78. The number of carbonyl (C=O) groups is 1. The average molecular weight is 368 g/mol. The van der Waals surface area contributed by atoms with Gasteiger partial charge in [0.25, 0.3) is 0 Å². The van der Waals surface area contributed by atoms with Crippen molar-refractivity contribution in [1.29, 1.82) is 0 Å². The summed E-state index contributed by atoms with van der Waals surface area (Å²) in [5, 5.41) is 4.89. The van der Waals surface area contributed by atoms with Crippen LogP contribution in [0.15, 0.2) is 36.8 Å². The summed E-state index contributed by atoms with van der Waals surface area (Å²) in [5.74, 6) is -0.476. The highest BCUT2D eigenvalue weighted by Gasteiger charge is 2.29. The van der Waals surface area contributed by atoms with Gasteiger partial charge in [0.15, 0.2) is 0 Å². The smallest absolute Gasteiger partial charge is 0.341 e. The molecule has 4 rings (SSSR count). The van der Waals surface area contributed by atoms with Gasteiger partial charge in [-0.3, -0.25) is 9.67 Å². The lowest BCUT2D eigenvalue weighted by molar-refractivity contribution is 0.0527. The monoisotopic (exact) mass is 368 g/mol. The second kappa shape index (κ2) is 6.98. The molecule has 0 bridgehead atoms. The molecule has 1 fully saturated rings. The summed E-state index contributed by atoms with van der Waals surface area (Å²) in [6.07, 6.45) is 6.37. The summed E-state index contributed by atoms with van der Waals surface area (Å²) in [6.45, 7) is 3.53. The maximum absolute atomic E-state index is 14.0. The average Bonchev–Trinajstić information content (AvgIpc) is 3.29. The number of aromatic nitrogens is 3. The van der Waals surface area contributed by atoms with Crippen molar-refractivity contribution in [1.82, 2.24) is 14.8 Å². The summed E-state index contributed by atoms with van der Waals surface area (Å²) in [4.78, 5) is 19.0. The van der Waals surface area contributed by atoms with E-state index in [-0.39, 0.29) is 12.4 Å². The van der Waals surface area contributed by atoms with Crippen LogP contribution in [0.5, 0.6) is 0 Å². The van der Waals surface area contributed by atoms with Crippen LogP contribution in [0, 0.1) is 5.82 Å². The van der Waals surface area contributed by atoms with Gasteiger partial charge >= 0.3 is 5.97 Å². The quantitative estimate of drug-likeness (QED) is 0.662. The van der Waals surface area contributed by atoms with Gasteiger partial charge in [0, 0.05) is 43.8 Å². The molecule has 7 heteroatoms. The fourth-order valence-electron chi connectivity index (χ4n) is 3.74. The fraction of sp³-hybridized carbons (Fsp3) is 0.350. The Balaban J connectivity index is 1.77. The topological polar surface area (TPSA) is 60.2 Å². The number of aryl methyl sites for hydroxylation is 1. The first-order valence-electron chi connectivity index (χ1n) is 9.05. The van der Waals surface area contributed by atoms with Crippen molar-refractivity contribution >= 4 is 22.6 Å². The number of pyridine rings is 1. The predicted octanol–water partition coefficient (Wildman–Crippen LogP) is 3.28. The van der Waals surface area contributed by atoms with E-state index in [9.17, 15) is 9.18 Å². The molecule has 3 heterocycles. The van der Waals surface area contributed by atoms with Crippen LogP contribution in [0.4, 0.5) is 10.1 Å². The number of ether oxygens (including phenoxy) is 1. The van der Waals surface area contributed by atoms with Gasteiger partial charge in [0.1, 0.15) is 11.4 Å². The zero-order valence-corrected chi connectivity index (χ0v) is 15.4. The zero-order valence-electron chi connectivity index (χ0n) is 15.4. The molecule has 0 saturated carbocycles. The van der Waals surface area contributed by atoms with Crippen LogP contribution in [0.1, 0.15) is 35.2 Å². The zero-order chi connectivity index (χ0) is 19.0. The molecule has 1 saturated heterocycles. The number of hydrogen-bond donors (Lipinski definition) is 0. The van der Waals surface area contributed by atoms with Crippen molar-refractivity contribution in [3.8, 4) is 0 Å². The molecule has 2 aromatic heterocycles. The van der Waals surface area contributed by atoms with Crippen LogP contribution < -0.4 is 4.90 Å². The minimum atomic E-state index is -0.434. The number of rotatable bonds is 4. The summed E-state index contributed by atoms with van der Waals surface area (Å²) in [7, 11) is 1.90. The Bertz CT molecular complexity index is 1000. The van der Waals surface area contributed by atoms with Gasteiger partial charge in [-0.05, 0) is 37.1 Å². The van der Waals surface area contributed by atoms with Crippen LogP contribution >= 0.6 is 0 Å². The fourth-order valence-corrected chi connectivity index (χ4v) is 3.74. The van der Waals surface area contributed by atoms with E-state index in [0.717, 1.165) is 19.5 Å². The predicted molar refractivity (Wildman–Crippen MR) is 100 cm³/mol. The van der Waals surface area contributed by atoms with Crippen LogP contribution in [0.2, 0.25) is 0 Å². The first-order chi connectivity index (χ1) is 13.1. The molecule has 3 aromatic rings. The molecular weight excluding hydrogens is 347 g/mol. The third kappa shape index (κ3) is 3.25. The van der Waals surface area contributed by atoms with Crippen molar-refractivity contribution in [2.24, 2.45) is 7.05 Å². The Labute approximate surface area is 156 Å². The van der Waals surface area contributed by atoms with E-state index < -0.39 is 5.97 Å². The molecule has 0 spiro atoms. The second-order valence-electron chi connectivity index (χ2n) is 6.78. The molecule has 140 valence electrons. The first kappa shape index (κ1) is 17.5. The maximum atomic E-state index is 14.0. The summed E-state index contributed by atoms with van der Waals surface area (Å²) >= 11 is 0. The van der Waals surface area contributed by atoms with Gasteiger partial charge in [0.05, 0.1) is 24.0 Å².